The van der Waals surface area contributed by atoms with E-state index in [1.807, 2.05) is 0 Å². The zero-order valence-electron chi connectivity index (χ0n) is 8.66. The van der Waals surface area contributed by atoms with Crippen LogP contribution in [0.4, 0.5) is 0 Å². The van der Waals surface area contributed by atoms with Crippen LogP contribution in [0.1, 0.15) is 25.3 Å². The van der Waals surface area contributed by atoms with Gasteiger partial charge in [0.1, 0.15) is 18.1 Å². The summed E-state index contributed by atoms with van der Waals surface area (Å²) in [5, 5.41) is 0.461. The van der Waals surface area contributed by atoms with Crippen molar-refractivity contribution >= 4 is 11.6 Å². The van der Waals surface area contributed by atoms with E-state index in [4.69, 9.17) is 22.8 Å². The molecule has 1 aromatic heterocycles. The molecule has 3 nitrogen and oxygen atoms in total. The Labute approximate surface area is 94.8 Å². The first-order chi connectivity index (χ1) is 7.29. The lowest BCUT2D eigenvalue weighted by Gasteiger charge is -2.08. The molecule has 0 unspecified atom stereocenters. The summed E-state index contributed by atoms with van der Waals surface area (Å²) in [7, 11) is 0. The van der Waals surface area contributed by atoms with E-state index in [1.165, 1.54) is 6.33 Å². The average Bonchev–Trinajstić information content (AvgIpc) is 2.23. The van der Waals surface area contributed by atoms with Gasteiger partial charge in [0, 0.05) is 6.42 Å². The second kappa shape index (κ2) is 6.26. The molecule has 0 saturated carbocycles. The smallest absolute Gasteiger partial charge is 0.221 e. The quantitative estimate of drug-likeness (QED) is 0.438. The summed E-state index contributed by atoms with van der Waals surface area (Å²) in [6, 6.07) is 0. The first-order valence-corrected chi connectivity index (χ1v) is 5.23. The van der Waals surface area contributed by atoms with Gasteiger partial charge >= 0.3 is 0 Å². The largest absolute Gasteiger partial charge is 0.476 e. The fourth-order valence-corrected chi connectivity index (χ4v) is 1.39. The third kappa shape index (κ3) is 3.41. The number of ether oxygens (including phenoxy) is 1. The summed E-state index contributed by atoms with van der Waals surface area (Å²) >= 11 is 5.95. The molecule has 1 heterocycles. The summed E-state index contributed by atoms with van der Waals surface area (Å²) in [4.78, 5) is 7.96. The number of terminal acetylenes is 1. The van der Waals surface area contributed by atoms with Crippen LogP contribution in [0.15, 0.2) is 6.33 Å². The van der Waals surface area contributed by atoms with Crippen molar-refractivity contribution in [3.63, 3.8) is 0 Å². The van der Waals surface area contributed by atoms with Crippen molar-refractivity contribution < 1.29 is 4.74 Å². The zero-order valence-corrected chi connectivity index (χ0v) is 9.42. The van der Waals surface area contributed by atoms with E-state index in [1.54, 1.807) is 0 Å². The average molecular weight is 225 g/mol. The third-order valence-electron chi connectivity index (χ3n) is 1.84. The highest BCUT2D eigenvalue weighted by atomic mass is 35.5. The molecule has 0 aliphatic carbocycles. The maximum Gasteiger partial charge on any atom is 0.221 e. The van der Waals surface area contributed by atoms with E-state index in [0.29, 0.717) is 24.1 Å². The Bertz CT molecular complexity index is 360. The Hall–Kier alpha value is -1.27. The predicted octanol–water partition coefficient (Wildman–Crippen LogP) is 2.48. The van der Waals surface area contributed by atoms with Crippen LogP contribution in [0, 0.1) is 12.3 Å². The van der Waals surface area contributed by atoms with Gasteiger partial charge in [0.05, 0.1) is 5.56 Å². The third-order valence-corrected chi connectivity index (χ3v) is 2.16. The highest BCUT2D eigenvalue weighted by Crippen LogP contribution is 2.23. The predicted molar refractivity (Wildman–Crippen MR) is 60.0 cm³/mol. The fourth-order valence-electron chi connectivity index (χ4n) is 1.17. The molecule has 80 valence electrons. The maximum atomic E-state index is 5.95. The summed E-state index contributed by atoms with van der Waals surface area (Å²) < 4.78 is 5.43. The lowest BCUT2D eigenvalue weighted by atomic mass is 10.2. The zero-order chi connectivity index (χ0) is 11.1. The van der Waals surface area contributed by atoms with E-state index in [-0.39, 0.29) is 0 Å². The topological polar surface area (TPSA) is 35.0 Å². The minimum Gasteiger partial charge on any atom is -0.476 e. The SMILES string of the molecule is C#CCCOc1ncnc(Cl)c1CCC. The molecule has 0 aliphatic rings. The molecule has 0 fully saturated rings. The highest BCUT2D eigenvalue weighted by Gasteiger charge is 2.09. The molecule has 0 aromatic carbocycles. The maximum absolute atomic E-state index is 5.95. The summed E-state index contributed by atoms with van der Waals surface area (Å²) in [6.07, 6.45) is 8.87. The van der Waals surface area contributed by atoms with E-state index in [2.05, 4.69) is 22.8 Å². The minimum atomic E-state index is 0.459. The van der Waals surface area contributed by atoms with Gasteiger partial charge < -0.3 is 4.74 Å². The van der Waals surface area contributed by atoms with E-state index >= 15 is 0 Å². The van der Waals surface area contributed by atoms with Crippen LogP contribution in [0.5, 0.6) is 5.88 Å². The first-order valence-electron chi connectivity index (χ1n) is 4.85. The monoisotopic (exact) mass is 224 g/mol. The van der Waals surface area contributed by atoms with E-state index < -0.39 is 0 Å². The second-order valence-corrected chi connectivity index (χ2v) is 3.36. The molecule has 15 heavy (non-hydrogen) atoms. The second-order valence-electron chi connectivity index (χ2n) is 3.00. The molecule has 0 amide bonds. The molecular weight excluding hydrogens is 212 g/mol. The van der Waals surface area contributed by atoms with Gasteiger partial charge in [-0.15, -0.1) is 12.3 Å². The molecule has 0 aliphatic heterocycles. The van der Waals surface area contributed by atoms with Crippen LogP contribution < -0.4 is 4.74 Å². The van der Waals surface area contributed by atoms with Crippen molar-refractivity contribution in [2.75, 3.05) is 6.61 Å². The van der Waals surface area contributed by atoms with E-state index in [9.17, 15) is 0 Å². The molecule has 0 bridgehead atoms. The number of aromatic nitrogens is 2. The lowest BCUT2D eigenvalue weighted by molar-refractivity contribution is 0.310. The molecule has 1 aromatic rings. The Morgan fingerprint density at radius 2 is 2.33 bits per heavy atom. The Balaban J connectivity index is 2.77. The van der Waals surface area contributed by atoms with Gasteiger partial charge in [0.2, 0.25) is 5.88 Å². The van der Waals surface area contributed by atoms with Crippen LogP contribution in [-0.2, 0) is 6.42 Å². The number of nitrogens with zero attached hydrogens (tertiary/aromatic N) is 2. The molecule has 0 saturated heterocycles. The fraction of sp³-hybridized carbons (Fsp3) is 0.455. The van der Waals surface area contributed by atoms with Crippen molar-refractivity contribution in [1.82, 2.24) is 9.97 Å². The van der Waals surface area contributed by atoms with Gasteiger partial charge in [-0.05, 0) is 6.42 Å². The van der Waals surface area contributed by atoms with Gasteiger partial charge in [-0.3, -0.25) is 0 Å². The number of hydrogen-bond acceptors (Lipinski definition) is 3. The highest BCUT2D eigenvalue weighted by molar-refractivity contribution is 6.30. The van der Waals surface area contributed by atoms with Crippen molar-refractivity contribution in [2.45, 2.75) is 26.2 Å². The van der Waals surface area contributed by atoms with Crippen LogP contribution in [0.2, 0.25) is 5.15 Å². The van der Waals surface area contributed by atoms with Gasteiger partial charge in [-0.2, -0.15) is 0 Å². The molecule has 4 heteroatoms. The minimum absolute atomic E-state index is 0.459. The number of hydrogen-bond donors (Lipinski definition) is 0. The Morgan fingerprint density at radius 3 is 3.00 bits per heavy atom. The summed E-state index contributed by atoms with van der Waals surface area (Å²) in [6.45, 7) is 2.52. The van der Waals surface area contributed by atoms with Crippen LogP contribution in [0.25, 0.3) is 0 Å². The van der Waals surface area contributed by atoms with Gasteiger partial charge in [-0.1, -0.05) is 24.9 Å². The van der Waals surface area contributed by atoms with Gasteiger partial charge in [0.25, 0.3) is 0 Å². The molecule has 0 atom stereocenters. The molecule has 0 spiro atoms. The van der Waals surface area contributed by atoms with Crippen molar-refractivity contribution in [2.24, 2.45) is 0 Å². The summed E-state index contributed by atoms with van der Waals surface area (Å²) in [5.74, 6) is 3.05. The van der Waals surface area contributed by atoms with Crippen molar-refractivity contribution in [1.29, 1.82) is 0 Å². The lowest BCUT2D eigenvalue weighted by Crippen LogP contribution is -2.03. The Kier molecular flexibility index (Phi) is 4.92. The van der Waals surface area contributed by atoms with Crippen molar-refractivity contribution in [3.05, 3.63) is 17.0 Å². The van der Waals surface area contributed by atoms with Crippen LogP contribution in [-0.4, -0.2) is 16.6 Å². The standard InChI is InChI=1S/C11H13ClN2O/c1-3-5-7-15-11-9(6-4-2)10(12)13-8-14-11/h1,8H,4-7H2,2H3. The Morgan fingerprint density at radius 1 is 1.53 bits per heavy atom. The molecule has 0 radical (unpaired) electrons. The number of rotatable bonds is 5. The molecule has 1 rings (SSSR count). The molecule has 0 N–H and O–H groups in total. The number of halogens is 1. The van der Waals surface area contributed by atoms with E-state index in [0.717, 1.165) is 18.4 Å². The van der Waals surface area contributed by atoms with Crippen LogP contribution >= 0.6 is 11.6 Å². The molecular formula is C11H13ClN2O. The van der Waals surface area contributed by atoms with Crippen molar-refractivity contribution in [3.8, 4) is 18.2 Å². The van der Waals surface area contributed by atoms with Crippen LogP contribution in [0.3, 0.4) is 0 Å². The first kappa shape index (κ1) is 11.8. The summed E-state index contributed by atoms with van der Waals surface area (Å²) in [5.41, 5.74) is 0.860. The van der Waals surface area contributed by atoms with Gasteiger partial charge in [0.15, 0.2) is 0 Å². The normalized spacial score (nSPS) is 9.67. The van der Waals surface area contributed by atoms with Gasteiger partial charge in [-0.25, -0.2) is 9.97 Å².